The topological polar surface area (TPSA) is 68.1 Å². The summed E-state index contributed by atoms with van der Waals surface area (Å²) in [5.41, 5.74) is -0.0763. The van der Waals surface area contributed by atoms with Gasteiger partial charge >= 0.3 is 12.4 Å². The first kappa shape index (κ1) is 30.0. The molecule has 0 unspecified atom stereocenters. The Balaban J connectivity index is 1.45. The number of aromatic nitrogens is 3. The second kappa shape index (κ2) is 10.7. The first-order valence-electron chi connectivity index (χ1n) is 13.2. The number of hydrogen-bond acceptors (Lipinski definition) is 4. The Morgan fingerprint density at radius 3 is 2.21 bits per heavy atom. The quantitative estimate of drug-likeness (QED) is 0.224. The molecule has 1 aliphatic carbocycles. The van der Waals surface area contributed by atoms with Crippen molar-refractivity contribution in [2.45, 2.75) is 45.6 Å². The Kier molecular flexibility index (Phi) is 7.43. The summed E-state index contributed by atoms with van der Waals surface area (Å²) < 4.78 is 80.1. The van der Waals surface area contributed by atoms with E-state index in [2.05, 4.69) is 10.1 Å². The van der Waals surface area contributed by atoms with Gasteiger partial charge in [0.15, 0.2) is 11.6 Å². The van der Waals surface area contributed by atoms with E-state index < -0.39 is 34.8 Å². The second-order valence-electron chi connectivity index (χ2n) is 11.4. The maximum atomic E-state index is 13.2. The van der Waals surface area contributed by atoms with Gasteiger partial charge in [-0.05, 0) is 53.8 Å². The van der Waals surface area contributed by atoms with E-state index >= 15 is 0 Å². The summed E-state index contributed by atoms with van der Waals surface area (Å²) in [5, 5.41) is 4.60. The van der Waals surface area contributed by atoms with Gasteiger partial charge in [-0.25, -0.2) is 9.67 Å². The Morgan fingerprint density at radius 2 is 1.60 bits per heavy atom. The predicted octanol–water partition coefficient (Wildman–Crippen LogP) is 7.40. The summed E-state index contributed by atoms with van der Waals surface area (Å²) in [6.45, 7) is 3.79. The number of carbonyl (C=O) groups is 2. The molecule has 0 bridgehead atoms. The van der Waals surface area contributed by atoms with Gasteiger partial charge in [-0.2, -0.15) is 31.4 Å². The van der Waals surface area contributed by atoms with Crippen LogP contribution in [0.1, 0.15) is 63.4 Å². The van der Waals surface area contributed by atoms with Crippen LogP contribution in [-0.4, -0.2) is 38.4 Å². The molecule has 0 aliphatic heterocycles. The van der Waals surface area contributed by atoms with Crippen molar-refractivity contribution in [1.29, 1.82) is 0 Å². The number of fused-ring (bicyclic) bond motifs is 1. The van der Waals surface area contributed by atoms with E-state index in [9.17, 15) is 35.9 Å². The highest BCUT2D eigenvalue weighted by Crippen LogP contribution is 2.40. The first-order valence-corrected chi connectivity index (χ1v) is 13.2. The molecule has 0 saturated carbocycles. The summed E-state index contributed by atoms with van der Waals surface area (Å²) >= 11 is 0. The number of amides is 1. The molecule has 2 aromatic heterocycles. The molecule has 2 aromatic carbocycles. The highest BCUT2D eigenvalue weighted by molar-refractivity contribution is 6.04. The number of alkyl halides is 6. The van der Waals surface area contributed by atoms with Crippen molar-refractivity contribution in [2.24, 2.45) is 5.41 Å². The number of halogens is 6. The third-order valence-corrected chi connectivity index (χ3v) is 7.26. The molecule has 5 rings (SSSR count). The molecule has 224 valence electrons. The molecule has 0 spiro atoms. The van der Waals surface area contributed by atoms with Crippen LogP contribution in [0.2, 0.25) is 0 Å². The largest absolute Gasteiger partial charge is 0.416 e. The smallest absolute Gasteiger partial charge is 0.337 e. The lowest BCUT2D eigenvalue weighted by Gasteiger charge is -2.29. The molecule has 0 fully saturated rings. The number of pyridine rings is 1. The van der Waals surface area contributed by atoms with Crippen LogP contribution in [-0.2, 0) is 25.3 Å². The predicted molar refractivity (Wildman–Crippen MR) is 145 cm³/mol. The van der Waals surface area contributed by atoms with Crippen molar-refractivity contribution in [3.05, 3.63) is 100 Å². The lowest BCUT2D eigenvalue weighted by Crippen LogP contribution is -2.28. The summed E-state index contributed by atoms with van der Waals surface area (Å²) in [4.78, 5) is 31.9. The normalized spacial score (nSPS) is 14.9. The molecular formula is C31H26F6N4O2. The van der Waals surface area contributed by atoms with Crippen molar-refractivity contribution in [3.8, 4) is 17.1 Å². The summed E-state index contributed by atoms with van der Waals surface area (Å²) in [6, 6.07) is 12.2. The van der Waals surface area contributed by atoms with Crippen molar-refractivity contribution >= 4 is 11.7 Å². The minimum absolute atomic E-state index is 0.0646. The molecule has 0 saturated heterocycles. The molecule has 2 heterocycles. The number of Topliss-reactive ketones (excluding diaryl/α,β-unsaturated/α-hetero) is 1. The van der Waals surface area contributed by atoms with E-state index in [1.165, 1.54) is 59.2 Å². The average Bonchev–Trinajstić information content (AvgIpc) is 3.30. The minimum atomic E-state index is -4.51. The lowest BCUT2D eigenvalue weighted by atomic mass is 9.75. The van der Waals surface area contributed by atoms with Crippen LogP contribution in [0.25, 0.3) is 17.1 Å². The van der Waals surface area contributed by atoms with E-state index in [1.807, 2.05) is 13.8 Å². The van der Waals surface area contributed by atoms with Gasteiger partial charge in [0.05, 0.1) is 27.9 Å². The van der Waals surface area contributed by atoms with Crippen molar-refractivity contribution in [2.75, 3.05) is 7.05 Å². The van der Waals surface area contributed by atoms with Gasteiger partial charge in [-0.1, -0.05) is 38.1 Å². The zero-order valence-electron chi connectivity index (χ0n) is 23.3. The fraction of sp³-hybridized carbons (Fsp3) is 0.290. The van der Waals surface area contributed by atoms with Crippen molar-refractivity contribution < 1.29 is 35.9 Å². The highest BCUT2D eigenvalue weighted by Gasteiger charge is 2.38. The Bertz CT molecular complexity index is 1690. The van der Waals surface area contributed by atoms with Gasteiger partial charge in [-0.15, -0.1) is 0 Å². The Hall–Kier alpha value is -4.48. The molecule has 0 N–H and O–H groups in total. The van der Waals surface area contributed by atoms with Crippen LogP contribution in [0.5, 0.6) is 0 Å². The highest BCUT2D eigenvalue weighted by atomic mass is 19.4. The molecule has 0 radical (unpaired) electrons. The van der Waals surface area contributed by atoms with Gasteiger partial charge < -0.3 is 4.90 Å². The molecule has 6 nitrogen and oxygen atoms in total. The van der Waals surface area contributed by atoms with Crippen LogP contribution >= 0.6 is 0 Å². The van der Waals surface area contributed by atoms with Gasteiger partial charge in [0.25, 0.3) is 5.91 Å². The maximum Gasteiger partial charge on any atom is 0.416 e. The van der Waals surface area contributed by atoms with Crippen LogP contribution in [0.4, 0.5) is 26.3 Å². The molecule has 12 heteroatoms. The van der Waals surface area contributed by atoms with Crippen LogP contribution in [0.15, 0.2) is 66.9 Å². The number of benzene rings is 2. The first-order chi connectivity index (χ1) is 20.0. The van der Waals surface area contributed by atoms with E-state index in [1.54, 1.807) is 0 Å². The number of rotatable bonds is 5. The number of nitrogens with zero attached hydrogens (tertiary/aromatic N) is 4. The van der Waals surface area contributed by atoms with Gasteiger partial charge in [-0.3, -0.25) is 9.59 Å². The van der Waals surface area contributed by atoms with E-state index in [-0.39, 0.29) is 35.8 Å². The minimum Gasteiger partial charge on any atom is -0.337 e. The van der Waals surface area contributed by atoms with E-state index in [0.717, 1.165) is 24.3 Å². The molecule has 1 amide bonds. The molecule has 1 aliphatic rings. The third kappa shape index (κ3) is 6.18. The van der Waals surface area contributed by atoms with E-state index in [4.69, 9.17) is 0 Å². The monoisotopic (exact) mass is 600 g/mol. The van der Waals surface area contributed by atoms with Crippen molar-refractivity contribution in [1.82, 2.24) is 19.7 Å². The fourth-order valence-electron chi connectivity index (χ4n) is 5.21. The summed E-state index contributed by atoms with van der Waals surface area (Å²) in [5.74, 6) is -0.367. The number of ketones is 1. The van der Waals surface area contributed by atoms with Gasteiger partial charge in [0.1, 0.15) is 5.69 Å². The zero-order chi connectivity index (χ0) is 31.3. The van der Waals surface area contributed by atoms with Gasteiger partial charge in [0, 0.05) is 31.8 Å². The van der Waals surface area contributed by atoms with Crippen LogP contribution in [0, 0.1) is 5.41 Å². The van der Waals surface area contributed by atoms with Crippen LogP contribution < -0.4 is 0 Å². The lowest BCUT2D eigenvalue weighted by molar-refractivity contribution is -0.138. The maximum absolute atomic E-state index is 13.2. The average molecular weight is 601 g/mol. The van der Waals surface area contributed by atoms with Gasteiger partial charge in [0.2, 0.25) is 0 Å². The molecule has 43 heavy (non-hydrogen) atoms. The molecular weight excluding hydrogens is 574 g/mol. The molecule has 0 atom stereocenters. The molecule has 4 aromatic rings. The Morgan fingerprint density at radius 1 is 0.930 bits per heavy atom. The zero-order valence-corrected chi connectivity index (χ0v) is 23.3. The summed E-state index contributed by atoms with van der Waals surface area (Å²) in [7, 11) is 1.46. The number of hydrogen-bond donors (Lipinski definition) is 0. The SMILES string of the molecule is CN(Cc1cccc(C(F)(F)F)c1)C(=O)c1ccc(-n2nc(-c3ccc(C(F)(F)F)cc3)c3c2CC(C)(C)CC3=O)nc1. The summed E-state index contributed by atoms with van der Waals surface area (Å²) in [6.07, 6.45) is -7.03. The third-order valence-electron chi connectivity index (χ3n) is 7.26. The Labute approximate surface area is 243 Å². The standard InChI is InChI=1S/C31H26F6N4O2/c1-29(2)14-23-26(24(42)15-29)27(19-7-10-21(11-8-19)30(32,33)34)39-41(23)25-12-9-20(16-38-25)28(43)40(3)17-18-5-4-6-22(13-18)31(35,36)37/h4-13,16H,14-15,17H2,1-3H3. The fourth-order valence-corrected chi connectivity index (χ4v) is 5.21. The van der Waals surface area contributed by atoms with E-state index in [0.29, 0.717) is 28.8 Å². The number of carbonyl (C=O) groups excluding carboxylic acids is 2. The second-order valence-corrected chi connectivity index (χ2v) is 11.4. The van der Waals surface area contributed by atoms with Crippen LogP contribution in [0.3, 0.4) is 0 Å². The van der Waals surface area contributed by atoms with Crippen molar-refractivity contribution in [3.63, 3.8) is 0 Å².